The average Bonchev–Trinajstić information content (AvgIpc) is 3.02. The second-order valence-electron chi connectivity index (χ2n) is 6.20. The monoisotopic (exact) mass is 339 g/mol. The third kappa shape index (κ3) is 2.67. The van der Waals surface area contributed by atoms with Gasteiger partial charge >= 0.3 is 0 Å². The summed E-state index contributed by atoms with van der Waals surface area (Å²) in [6, 6.07) is 0. The van der Waals surface area contributed by atoms with Crippen LogP contribution in [0.4, 0.5) is 0 Å². The Hall–Kier alpha value is -2.34. The highest BCUT2D eigenvalue weighted by atomic mass is 32.1. The number of fused-ring (bicyclic) bond motifs is 2. The van der Waals surface area contributed by atoms with Crippen molar-refractivity contribution in [1.29, 1.82) is 0 Å². The van der Waals surface area contributed by atoms with Gasteiger partial charge in [-0.15, -0.1) is 11.3 Å². The van der Waals surface area contributed by atoms with Crippen LogP contribution in [-0.2, 0) is 4.79 Å². The second kappa shape index (κ2) is 5.94. The third-order valence-corrected chi connectivity index (χ3v) is 5.36. The van der Waals surface area contributed by atoms with Crippen LogP contribution >= 0.6 is 11.3 Å². The van der Waals surface area contributed by atoms with Gasteiger partial charge in [-0.1, -0.05) is 6.08 Å². The van der Waals surface area contributed by atoms with Crippen LogP contribution < -0.4 is 5.32 Å². The largest absolute Gasteiger partial charge is 0.325 e. The molecule has 0 aromatic carbocycles. The van der Waals surface area contributed by atoms with Crippen molar-refractivity contribution in [3.05, 3.63) is 51.2 Å². The zero-order valence-electron chi connectivity index (χ0n) is 13.3. The maximum absolute atomic E-state index is 12.3. The smallest absolute Gasteiger partial charge is 0.296 e. The number of rotatable bonds is 1. The molecule has 4 rings (SSSR count). The number of allylic oxidation sites excluding steroid dienone is 3. The van der Waals surface area contributed by atoms with Crippen molar-refractivity contribution in [3.8, 4) is 0 Å². The van der Waals surface area contributed by atoms with Crippen molar-refractivity contribution in [1.82, 2.24) is 10.3 Å². The number of carbonyl (C=O) groups excluding carboxylic acids is 2. The maximum atomic E-state index is 12.3. The Morgan fingerprint density at radius 3 is 3.00 bits per heavy atom. The molecule has 1 N–H and O–H groups in total. The zero-order valence-corrected chi connectivity index (χ0v) is 14.2. The lowest BCUT2D eigenvalue weighted by Crippen LogP contribution is -2.37. The number of carbonyl (C=O) groups is 2. The highest BCUT2D eigenvalue weighted by Crippen LogP contribution is 2.38. The van der Waals surface area contributed by atoms with E-state index in [1.165, 1.54) is 16.9 Å². The van der Waals surface area contributed by atoms with E-state index < -0.39 is 0 Å². The van der Waals surface area contributed by atoms with Gasteiger partial charge in [-0.2, -0.15) is 0 Å². The quantitative estimate of drug-likeness (QED) is 0.854. The van der Waals surface area contributed by atoms with Gasteiger partial charge in [0.25, 0.3) is 11.8 Å². The molecule has 0 fully saturated rings. The van der Waals surface area contributed by atoms with E-state index in [0.717, 1.165) is 42.0 Å². The molecule has 1 aliphatic heterocycles. The fourth-order valence-corrected chi connectivity index (χ4v) is 4.04. The molecule has 24 heavy (non-hydrogen) atoms. The summed E-state index contributed by atoms with van der Waals surface area (Å²) in [6.07, 6.45) is 9.75. The van der Waals surface area contributed by atoms with Gasteiger partial charge in [-0.3, -0.25) is 9.59 Å². The predicted molar refractivity (Wildman–Crippen MR) is 93.0 cm³/mol. The summed E-state index contributed by atoms with van der Waals surface area (Å²) in [6.45, 7) is 1.86. The fourth-order valence-electron chi connectivity index (χ4n) is 3.46. The van der Waals surface area contributed by atoms with Crippen molar-refractivity contribution in [2.75, 3.05) is 0 Å². The van der Waals surface area contributed by atoms with E-state index in [9.17, 15) is 9.59 Å². The first kappa shape index (κ1) is 15.2. The molecule has 122 valence electrons. The number of hydrogen-bond donors (Lipinski definition) is 1. The molecule has 0 bridgehead atoms. The molecule has 1 unspecified atom stereocenters. The number of nitrogens with zero attached hydrogens (tertiary/aromatic N) is 2. The predicted octanol–water partition coefficient (Wildman–Crippen LogP) is 3.10. The van der Waals surface area contributed by atoms with Crippen LogP contribution in [0.2, 0.25) is 0 Å². The van der Waals surface area contributed by atoms with E-state index in [0.29, 0.717) is 11.4 Å². The zero-order chi connectivity index (χ0) is 16.7. The van der Waals surface area contributed by atoms with Crippen LogP contribution in [0.5, 0.6) is 0 Å². The molecule has 0 saturated heterocycles. The lowest BCUT2D eigenvalue weighted by molar-refractivity contribution is -0.117. The van der Waals surface area contributed by atoms with Crippen LogP contribution in [0.1, 0.15) is 41.2 Å². The van der Waals surface area contributed by atoms with E-state index in [2.05, 4.69) is 15.3 Å². The lowest BCUT2D eigenvalue weighted by Gasteiger charge is -2.33. The molecule has 1 aromatic heterocycles. The first-order chi connectivity index (χ1) is 11.6. The fraction of sp³-hybridized carbons (Fsp3) is 0.333. The van der Waals surface area contributed by atoms with Gasteiger partial charge in [0.2, 0.25) is 0 Å². The minimum atomic E-state index is -0.353. The molecule has 0 spiro atoms. The molecule has 1 aromatic rings. The number of aryl methyl sites for hydroxylation is 1. The second-order valence-corrected chi connectivity index (χ2v) is 7.26. The molecule has 2 aliphatic carbocycles. The minimum absolute atomic E-state index is 0.00306. The standard InChI is InChI=1S/C18H17N3O2S/c1-10-19-16(9-24-10)18(23)20-11-6-7-13-12-4-2-3-5-14(12)17(22)21-15(13)8-11/h6-9,13H,2-5H2,1H3,(H,21,22). The van der Waals surface area contributed by atoms with E-state index in [1.54, 1.807) is 11.5 Å². The van der Waals surface area contributed by atoms with Gasteiger partial charge in [-0.05, 0) is 50.3 Å². The van der Waals surface area contributed by atoms with Gasteiger partial charge in [0.15, 0.2) is 0 Å². The Labute approximate surface area is 143 Å². The highest BCUT2D eigenvalue weighted by Gasteiger charge is 2.33. The number of thiazole rings is 1. The molecule has 5 nitrogen and oxygen atoms in total. The normalized spacial score (nSPS) is 24.4. The van der Waals surface area contributed by atoms with Gasteiger partial charge in [0.1, 0.15) is 5.69 Å². The van der Waals surface area contributed by atoms with E-state index in [-0.39, 0.29) is 17.7 Å². The summed E-state index contributed by atoms with van der Waals surface area (Å²) >= 11 is 1.43. The van der Waals surface area contributed by atoms with E-state index in [4.69, 9.17) is 0 Å². The number of amides is 2. The summed E-state index contributed by atoms with van der Waals surface area (Å²) in [5.74, 6) is -0.231. The first-order valence-electron chi connectivity index (χ1n) is 8.10. The van der Waals surface area contributed by atoms with Crippen molar-refractivity contribution in [2.24, 2.45) is 10.9 Å². The molecular formula is C18H17N3O2S. The Morgan fingerprint density at radius 2 is 2.21 bits per heavy atom. The summed E-state index contributed by atoms with van der Waals surface area (Å²) in [5.41, 5.74) is 3.92. The number of aromatic nitrogens is 1. The number of hydrogen-bond acceptors (Lipinski definition) is 4. The topological polar surface area (TPSA) is 71.4 Å². The van der Waals surface area contributed by atoms with E-state index >= 15 is 0 Å². The van der Waals surface area contributed by atoms with Gasteiger partial charge in [0.05, 0.1) is 10.7 Å². The van der Waals surface area contributed by atoms with Crippen LogP contribution in [-0.4, -0.2) is 22.5 Å². The van der Waals surface area contributed by atoms with Crippen molar-refractivity contribution < 1.29 is 9.59 Å². The number of aliphatic imine (C=N–C) groups is 1. The van der Waals surface area contributed by atoms with E-state index in [1.807, 2.05) is 19.1 Å². The molecule has 2 amide bonds. The Balaban J connectivity index is 1.63. The first-order valence-corrected chi connectivity index (χ1v) is 8.98. The van der Waals surface area contributed by atoms with Crippen LogP contribution in [0.25, 0.3) is 0 Å². The van der Waals surface area contributed by atoms with Crippen molar-refractivity contribution in [3.63, 3.8) is 0 Å². The van der Waals surface area contributed by atoms with Crippen molar-refractivity contribution >= 4 is 28.9 Å². The highest BCUT2D eigenvalue weighted by molar-refractivity contribution is 7.09. The summed E-state index contributed by atoms with van der Waals surface area (Å²) in [7, 11) is 0. The van der Waals surface area contributed by atoms with Gasteiger partial charge in [-0.25, -0.2) is 9.98 Å². The third-order valence-electron chi connectivity index (χ3n) is 4.58. The Kier molecular flexibility index (Phi) is 3.76. The molecular weight excluding hydrogens is 322 g/mol. The summed E-state index contributed by atoms with van der Waals surface area (Å²) in [4.78, 5) is 32.8. The summed E-state index contributed by atoms with van der Waals surface area (Å²) < 4.78 is 0. The maximum Gasteiger partial charge on any atom is 0.296 e. The molecule has 0 radical (unpaired) electrons. The molecule has 2 heterocycles. The molecule has 3 aliphatic rings. The van der Waals surface area contributed by atoms with Gasteiger partial charge < -0.3 is 5.32 Å². The van der Waals surface area contributed by atoms with Crippen molar-refractivity contribution in [2.45, 2.75) is 32.6 Å². The molecule has 0 saturated carbocycles. The lowest BCUT2D eigenvalue weighted by atomic mass is 9.77. The summed E-state index contributed by atoms with van der Waals surface area (Å²) in [5, 5.41) is 5.53. The van der Waals surface area contributed by atoms with Gasteiger partial charge in [0, 0.05) is 22.6 Å². The molecule has 1 atom stereocenters. The van der Waals surface area contributed by atoms with Crippen LogP contribution in [0.15, 0.2) is 45.4 Å². The van der Waals surface area contributed by atoms with Crippen LogP contribution in [0.3, 0.4) is 0 Å². The number of nitrogens with one attached hydrogen (secondary N) is 1. The average molecular weight is 339 g/mol. The van der Waals surface area contributed by atoms with Crippen LogP contribution in [0, 0.1) is 12.8 Å². The molecule has 6 heteroatoms. The Bertz CT molecular complexity index is 857. The SMILES string of the molecule is Cc1nc(C(=O)N=C2C=CC3C(=C2)NC(=O)C2=C3CCCC2)cs1. The Morgan fingerprint density at radius 1 is 1.38 bits per heavy atom. The minimum Gasteiger partial charge on any atom is -0.325 e.